The van der Waals surface area contributed by atoms with E-state index in [1.54, 1.807) is 54.6 Å². The normalized spacial score (nSPS) is 13.8. The number of pyridine rings is 1. The molecule has 4 aromatic rings. The van der Waals surface area contributed by atoms with E-state index in [0.717, 1.165) is 0 Å². The first-order chi connectivity index (χ1) is 17.0. The predicted octanol–water partition coefficient (Wildman–Crippen LogP) is 4.03. The number of carbonyl (C=O) groups is 2. The number of aromatic amines is 1. The highest BCUT2D eigenvalue weighted by Crippen LogP contribution is 2.30. The lowest BCUT2D eigenvalue weighted by molar-refractivity contribution is -0.215. The Hall–Kier alpha value is -3.92. The molecule has 0 aliphatic carbocycles. The van der Waals surface area contributed by atoms with E-state index in [4.69, 9.17) is 0 Å². The number of aliphatic hydroxyl groups is 1. The molecule has 0 spiro atoms. The van der Waals surface area contributed by atoms with Gasteiger partial charge in [0, 0.05) is 16.3 Å². The Balaban J connectivity index is 1.84. The van der Waals surface area contributed by atoms with Crippen LogP contribution in [0, 0.1) is 5.92 Å². The van der Waals surface area contributed by atoms with Crippen LogP contribution in [0.5, 0.6) is 0 Å². The van der Waals surface area contributed by atoms with E-state index in [0.29, 0.717) is 39.4 Å². The molecule has 36 heavy (non-hydrogen) atoms. The molecule has 4 rings (SSSR count). The van der Waals surface area contributed by atoms with Gasteiger partial charge >= 0.3 is 6.18 Å². The summed E-state index contributed by atoms with van der Waals surface area (Å²) in [6.45, 7) is 2.31. The van der Waals surface area contributed by atoms with E-state index >= 15 is 0 Å². The molecule has 1 amide bonds. The Morgan fingerprint density at radius 2 is 1.78 bits per heavy atom. The molecule has 0 bridgehead atoms. The maximum Gasteiger partial charge on any atom is 0.416 e. The van der Waals surface area contributed by atoms with Crippen LogP contribution >= 0.6 is 0 Å². The minimum absolute atomic E-state index is 0.155. The molecule has 0 fully saturated rings. The van der Waals surface area contributed by atoms with Gasteiger partial charge in [-0.15, -0.1) is 0 Å². The van der Waals surface area contributed by atoms with Crippen molar-refractivity contribution in [2.24, 2.45) is 5.92 Å². The number of nitrogens with one attached hydrogen (secondary N) is 2. The van der Waals surface area contributed by atoms with Crippen LogP contribution in [0.4, 0.5) is 13.2 Å². The fraction of sp³-hybridized carbons (Fsp3) is 0.269. The smallest absolute Gasteiger partial charge is 0.382 e. The average molecular weight is 499 g/mol. The number of aldehydes is 1. The zero-order valence-corrected chi connectivity index (χ0v) is 19.5. The summed E-state index contributed by atoms with van der Waals surface area (Å²) < 4.78 is 40.6. The molecule has 2 aromatic heterocycles. The number of hydrogen-bond acceptors (Lipinski definition) is 4. The molecule has 188 valence electrons. The van der Waals surface area contributed by atoms with Crippen molar-refractivity contribution in [3.63, 3.8) is 0 Å². The Kier molecular flexibility index (Phi) is 6.73. The largest absolute Gasteiger partial charge is 0.416 e. The summed E-state index contributed by atoms with van der Waals surface area (Å²) >= 11 is 0. The first-order valence-electron chi connectivity index (χ1n) is 11.3. The van der Waals surface area contributed by atoms with E-state index in [1.165, 1.54) is 18.4 Å². The number of nitrogens with zero attached hydrogens (tertiary/aromatic N) is 1. The number of alkyl halides is 3. The molecule has 0 aliphatic heterocycles. The number of carbonyl (C=O) groups excluding carboxylic acids is 2. The van der Waals surface area contributed by atoms with Crippen molar-refractivity contribution >= 4 is 34.0 Å². The number of aliphatic hydroxyl groups excluding tert-OH is 1. The number of halogens is 3. The van der Waals surface area contributed by atoms with E-state index in [-0.39, 0.29) is 5.52 Å². The SMILES string of the molecule is CC(C)C(NC(=O)Cn1c(-c2ccccc2)cc2c([nH]c3c(C=O)cccc32)c1=O)C(O)C(F)(F)F. The molecule has 7 nitrogen and oxygen atoms in total. The summed E-state index contributed by atoms with van der Waals surface area (Å²) in [6, 6.07) is 13.9. The van der Waals surface area contributed by atoms with E-state index in [2.05, 4.69) is 10.3 Å². The van der Waals surface area contributed by atoms with Gasteiger partial charge in [0.15, 0.2) is 12.4 Å². The van der Waals surface area contributed by atoms with Gasteiger partial charge in [0.2, 0.25) is 5.91 Å². The molecule has 2 aromatic carbocycles. The molecule has 10 heteroatoms. The number of rotatable bonds is 7. The summed E-state index contributed by atoms with van der Waals surface area (Å²) in [6.07, 6.45) is -7.02. The number of benzene rings is 2. The quantitative estimate of drug-likeness (QED) is 0.334. The average Bonchev–Trinajstić information content (AvgIpc) is 3.22. The van der Waals surface area contributed by atoms with Crippen LogP contribution in [-0.2, 0) is 11.3 Å². The standard InChI is InChI=1S/C26H24F3N3O4/c1-14(2)21(24(35)26(27,28)29)30-20(34)12-32-19(15-7-4-3-5-8-15)11-18-17-10-6-9-16(13-33)22(17)31-23(18)25(32)36/h3-11,13-14,21,24,31,35H,12H2,1-2H3,(H,30,34). The lowest BCUT2D eigenvalue weighted by Gasteiger charge is -2.29. The van der Waals surface area contributed by atoms with Crippen LogP contribution in [0.15, 0.2) is 59.4 Å². The number of para-hydroxylation sites is 1. The summed E-state index contributed by atoms with van der Waals surface area (Å²) in [5.74, 6) is -1.59. The lowest BCUT2D eigenvalue weighted by atomic mass is 9.98. The Bertz CT molecular complexity index is 1490. The molecule has 0 radical (unpaired) electrons. The van der Waals surface area contributed by atoms with Gasteiger partial charge in [0.1, 0.15) is 12.1 Å². The second kappa shape index (κ2) is 9.62. The maximum atomic E-state index is 13.6. The maximum absolute atomic E-state index is 13.6. The van der Waals surface area contributed by atoms with Crippen molar-refractivity contribution < 1.29 is 27.9 Å². The van der Waals surface area contributed by atoms with Gasteiger partial charge in [-0.3, -0.25) is 19.0 Å². The number of amides is 1. The van der Waals surface area contributed by atoms with Gasteiger partial charge in [-0.25, -0.2) is 0 Å². The minimum atomic E-state index is -4.92. The van der Waals surface area contributed by atoms with Crippen molar-refractivity contribution in [3.05, 3.63) is 70.5 Å². The molecule has 2 atom stereocenters. The Labute approximate surface area is 203 Å². The minimum Gasteiger partial charge on any atom is -0.382 e. The zero-order chi connectivity index (χ0) is 26.2. The van der Waals surface area contributed by atoms with E-state index in [9.17, 15) is 32.7 Å². The van der Waals surface area contributed by atoms with E-state index < -0.39 is 42.3 Å². The zero-order valence-electron chi connectivity index (χ0n) is 19.5. The lowest BCUT2D eigenvalue weighted by Crippen LogP contribution is -2.53. The molecule has 3 N–H and O–H groups in total. The van der Waals surface area contributed by atoms with Crippen LogP contribution in [0.2, 0.25) is 0 Å². The van der Waals surface area contributed by atoms with Gasteiger partial charge in [0.25, 0.3) is 5.56 Å². The fourth-order valence-corrected chi connectivity index (χ4v) is 4.33. The van der Waals surface area contributed by atoms with Crippen molar-refractivity contribution in [1.29, 1.82) is 0 Å². The topological polar surface area (TPSA) is 104 Å². The third-order valence-corrected chi connectivity index (χ3v) is 6.16. The molecular weight excluding hydrogens is 475 g/mol. The second-order valence-electron chi connectivity index (χ2n) is 8.91. The number of H-pyrrole nitrogens is 1. The predicted molar refractivity (Wildman–Crippen MR) is 130 cm³/mol. The van der Waals surface area contributed by atoms with E-state index in [1.807, 2.05) is 0 Å². The van der Waals surface area contributed by atoms with Crippen LogP contribution in [0.25, 0.3) is 33.1 Å². The highest BCUT2D eigenvalue weighted by atomic mass is 19.4. The van der Waals surface area contributed by atoms with Gasteiger partial charge in [0.05, 0.1) is 17.3 Å². The van der Waals surface area contributed by atoms with Crippen molar-refractivity contribution in [2.75, 3.05) is 0 Å². The van der Waals surface area contributed by atoms with Crippen LogP contribution < -0.4 is 10.9 Å². The summed E-state index contributed by atoms with van der Waals surface area (Å²) in [7, 11) is 0. The van der Waals surface area contributed by atoms with Crippen LogP contribution in [0.3, 0.4) is 0 Å². The summed E-state index contributed by atoms with van der Waals surface area (Å²) in [5, 5.41) is 13.2. The van der Waals surface area contributed by atoms with Gasteiger partial charge in [-0.1, -0.05) is 56.3 Å². The van der Waals surface area contributed by atoms with Crippen molar-refractivity contribution in [2.45, 2.75) is 38.7 Å². The third-order valence-electron chi connectivity index (χ3n) is 6.16. The monoisotopic (exact) mass is 499 g/mol. The number of aromatic nitrogens is 2. The molecule has 0 saturated heterocycles. The molecular formula is C26H24F3N3O4. The fourth-order valence-electron chi connectivity index (χ4n) is 4.33. The Morgan fingerprint density at radius 3 is 2.39 bits per heavy atom. The molecule has 0 saturated carbocycles. The van der Waals surface area contributed by atoms with Crippen molar-refractivity contribution in [3.8, 4) is 11.3 Å². The van der Waals surface area contributed by atoms with Crippen LogP contribution in [0.1, 0.15) is 24.2 Å². The first kappa shape index (κ1) is 25.2. The molecule has 2 unspecified atom stereocenters. The number of fused-ring (bicyclic) bond motifs is 3. The number of hydrogen-bond donors (Lipinski definition) is 3. The van der Waals surface area contributed by atoms with Crippen LogP contribution in [-0.4, -0.2) is 45.2 Å². The Morgan fingerprint density at radius 1 is 1.08 bits per heavy atom. The first-order valence-corrected chi connectivity index (χ1v) is 11.3. The molecule has 2 heterocycles. The van der Waals surface area contributed by atoms with Gasteiger partial charge in [-0.2, -0.15) is 13.2 Å². The third kappa shape index (κ3) is 4.64. The van der Waals surface area contributed by atoms with Crippen molar-refractivity contribution in [1.82, 2.24) is 14.9 Å². The summed E-state index contributed by atoms with van der Waals surface area (Å²) in [4.78, 5) is 41.0. The second-order valence-corrected chi connectivity index (χ2v) is 8.91. The van der Waals surface area contributed by atoms with Gasteiger partial charge in [-0.05, 0) is 23.6 Å². The summed E-state index contributed by atoms with van der Waals surface area (Å²) in [5.41, 5.74) is 1.39. The molecule has 0 aliphatic rings. The highest BCUT2D eigenvalue weighted by molar-refractivity contribution is 6.12. The highest BCUT2D eigenvalue weighted by Gasteiger charge is 2.45. The van der Waals surface area contributed by atoms with Gasteiger partial charge < -0.3 is 15.4 Å².